The molecule has 0 bridgehead atoms. The Hall–Kier alpha value is 3.66. The summed E-state index contributed by atoms with van der Waals surface area (Å²) in [5.41, 5.74) is 0. The van der Waals surface area contributed by atoms with Gasteiger partial charge in [0.2, 0.25) is 0 Å². The molecule has 4 heteroatoms. The molecular weight excluding hydrogens is 224 g/mol. The van der Waals surface area contributed by atoms with Crippen molar-refractivity contribution in [3.8, 4) is 0 Å². The van der Waals surface area contributed by atoms with Gasteiger partial charge in [-0.25, -0.2) is 0 Å². The van der Waals surface area contributed by atoms with Gasteiger partial charge in [-0.15, -0.1) is 0 Å². The zero-order valence-corrected chi connectivity index (χ0v) is 10.8. The summed E-state index contributed by atoms with van der Waals surface area (Å²) in [6.45, 7) is 0. The zero-order valence-electron chi connectivity index (χ0n) is 2.76. The van der Waals surface area contributed by atoms with Crippen molar-refractivity contribution < 1.29 is 117 Å². The Balaban J connectivity index is 0. The molecule has 0 unspecified atom stereocenters. The molecule has 0 spiro atoms. The summed E-state index contributed by atoms with van der Waals surface area (Å²) in [5.74, 6) is 0. The molecule has 0 atom stereocenters. The maximum absolute atomic E-state index is 0. The number of rotatable bonds is 0. The van der Waals surface area contributed by atoms with E-state index in [1.165, 1.54) is 0 Å². The number of hydrogen-bond donors (Lipinski definition) is 0. The fourth-order valence-corrected chi connectivity index (χ4v) is 0. The van der Waals surface area contributed by atoms with Gasteiger partial charge in [-0.3, -0.25) is 0 Å². The predicted molar refractivity (Wildman–Crippen MR) is 0 cm³/mol. The van der Waals surface area contributed by atoms with Crippen LogP contribution in [0.25, 0.3) is 0 Å². The van der Waals surface area contributed by atoms with Gasteiger partial charge in [-0.05, 0) is 0 Å². The van der Waals surface area contributed by atoms with Crippen LogP contribution in [0.5, 0.6) is 0 Å². The maximum Gasteiger partial charge on any atom is 1.00 e. The Kier molecular flexibility index (Phi) is 101. The second kappa shape index (κ2) is 15.9. The van der Waals surface area contributed by atoms with Crippen LogP contribution in [0.4, 0.5) is 0 Å². The van der Waals surface area contributed by atoms with Crippen LogP contribution in [0.3, 0.4) is 0 Å². The molecule has 4 heavy (non-hydrogen) atoms. The second-order valence-electron chi connectivity index (χ2n) is 0. The first kappa shape index (κ1) is 25.4. The normalized spacial score (nSPS) is 0. The van der Waals surface area contributed by atoms with Gasteiger partial charge < -0.3 is 36.4 Å². The average molecular weight is 224 g/mol. The van der Waals surface area contributed by atoms with Gasteiger partial charge in [0.1, 0.15) is 0 Å². The molecule has 0 aromatic rings. The first-order chi connectivity index (χ1) is 0. The first-order valence-corrected chi connectivity index (χ1v) is 0. The minimum absolute atomic E-state index is 0. The molecule has 0 heterocycles. The van der Waals surface area contributed by atoms with E-state index in [1.54, 1.807) is 0 Å². The van der Waals surface area contributed by atoms with E-state index in [0.717, 1.165) is 0 Å². The number of halogens is 2. The molecule has 0 rings (SSSR count). The van der Waals surface area contributed by atoms with Crippen molar-refractivity contribution in [3.05, 3.63) is 0 Å². The molecule has 0 saturated heterocycles. The minimum Gasteiger partial charge on any atom is -1.00 e. The topological polar surface area (TPSA) is 0 Å². The molecule has 0 N–H and O–H groups in total. The fourth-order valence-electron chi connectivity index (χ4n) is 0. The van der Waals surface area contributed by atoms with Crippen LogP contribution in [0.1, 0.15) is 0 Å². The summed E-state index contributed by atoms with van der Waals surface area (Å²) in [4.78, 5) is 0. The van der Waals surface area contributed by atoms with E-state index < -0.39 is 0 Å². The van der Waals surface area contributed by atoms with Crippen molar-refractivity contribution in [1.82, 2.24) is 0 Å². The fraction of sp³-hybridized carbons (Fsp3) is 0. The molecule has 0 saturated carbocycles. The average Bonchev–Trinajstić information content (AvgIpc) is 0. The SMILES string of the molecule is [Cl-].[I-].[K+].[Na+]. The van der Waals surface area contributed by atoms with Gasteiger partial charge >= 0.3 is 80.9 Å². The molecule has 0 fully saturated rings. The summed E-state index contributed by atoms with van der Waals surface area (Å²) in [5, 5.41) is 0. The first-order valence-electron chi connectivity index (χ1n) is 0. The van der Waals surface area contributed by atoms with Gasteiger partial charge in [0.05, 0.1) is 0 Å². The summed E-state index contributed by atoms with van der Waals surface area (Å²) < 4.78 is 0. The quantitative estimate of drug-likeness (QED) is 0.283. The van der Waals surface area contributed by atoms with Crippen molar-refractivity contribution in [2.24, 2.45) is 0 Å². The van der Waals surface area contributed by atoms with E-state index >= 15 is 0 Å². The van der Waals surface area contributed by atoms with Gasteiger partial charge in [0.15, 0.2) is 0 Å². The Labute approximate surface area is 114 Å². The van der Waals surface area contributed by atoms with Crippen molar-refractivity contribution in [2.75, 3.05) is 0 Å². The van der Waals surface area contributed by atoms with Gasteiger partial charge in [0, 0.05) is 0 Å². The van der Waals surface area contributed by atoms with E-state index in [9.17, 15) is 0 Å². The van der Waals surface area contributed by atoms with Crippen LogP contribution in [0, 0.1) is 0 Å². The van der Waals surface area contributed by atoms with Gasteiger partial charge in [-0.1, -0.05) is 0 Å². The molecule has 0 aliphatic rings. The molecule has 0 aliphatic carbocycles. The molecule has 0 aromatic carbocycles. The van der Waals surface area contributed by atoms with Crippen LogP contribution in [-0.2, 0) is 0 Å². The third-order valence-corrected chi connectivity index (χ3v) is 0. The summed E-state index contributed by atoms with van der Waals surface area (Å²) in [6, 6.07) is 0. The van der Waals surface area contributed by atoms with Gasteiger partial charge in [-0.2, -0.15) is 0 Å². The Morgan fingerprint density at radius 2 is 1.00 bits per heavy atom. The Morgan fingerprint density at radius 3 is 1.00 bits per heavy atom. The molecule has 0 radical (unpaired) electrons. The summed E-state index contributed by atoms with van der Waals surface area (Å²) in [7, 11) is 0. The van der Waals surface area contributed by atoms with Crippen LogP contribution in [0.2, 0.25) is 0 Å². The minimum atomic E-state index is 0. The van der Waals surface area contributed by atoms with E-state index in [0.29, 0.717) is 0 Å². The second-order valence-corrected chi connectivity index (χ2v) is 0. The van der Waals surface area contributed by atoms with E-state index in [1.807, 2.05) is 0 Å². The van der Waals surface area contributed by atoms with Gasteiger partial charge in [0.25, 0.3) is 0 Å². The third-order valence-electron chi connectivity index (χ3n) is 0. The van der Waals surface area contributed by atoms with Crippen LogP contribution >= 0.6 is 0 Å². The van der Waals surface area contributed by atoms with E-state index in [4.69, 9.17) is 0 Å². The van der Waals surface area contributed by atoms with Crippen LogP contribution < -0.4 is 117 Å². The standard InChI is InChI=1S/ClH.HI.K.Na/h2*1H;;/q;;2*+1/p-2. The largest absolute Gasteiger partial charge is 1.00 e. The van der Waals surface area contributed by atoms with Crippen LogP contribution in [0.15, 0.2) is 0 Å². The summed E-state index contributed by atoms with van der Waals surface area (Å²) >= 11 is 0. The molecule has 0 aromatic heterocycles. The maximum atomic E-state index is 0. The molecule has 0 amide bonds. The van der Waals surface area contributed by atoms with E-state index in [2.05, 4.69) is 0 Å². The van der Waals surface area contributed by atoms with Crippen molar-refractivity contribution in [1.29, 1.82) is 0 Å². The van der Waals surface area contributed by atoms with E-state index in [-0.39, 0.29) is 117 Å². The van der Waals surface area contributed by atoms with Crippen molar-refractivity contribution >= 4 is 0 Å². The molecular formula is ClIKNa. The monoisotopic (exact) mass is 224 g/mol. The molecule has 16 valence electrons. The van der Waals surface area contributed by atoms with Crippen molar-refractivity contribution in [3.63, 3.8) is 0 Å². The zero-order chi connectivity index (χ0) is 0. The van der Waals surface area contributed by atoms with Crippen molar-refractivity contribution in [2.45, 2.75) is 0 Å². The Morgan fingerprint density at radius 1 is 1.00 bits per heavy atom. The third kappa shape index (κ3) is 9.17. The molecule has 0 aliphatic heterocycles. The summed E-state index contributed by atoms with van der Waals surface area (Å²) in [6.07, 6.45) is 0. The molecule has 0 nitrogen and oxygen atoms in total. The predicted octanol–water partition coefficient (Wildman–Crippen LogP) is -12.0. The Bertz CT molecular complexity index is 8.00. The number of hydrogen-bond acceptors (Lipinski definition) is 0. The van der Waals surface area contributed by atoms with Crippen LogP contribution in [-0.4, -0.2) is 0 Å². The smallest absolute Gasteiger partial charge is 1.00 e.